The smallest absolute Gasteiger partial charge is 0.219 e. The summed E-state index contributed by atoms with van der Waals surface area (Å²) in [4.78, 5) is 9.61. The maximum Gasteiger partial charge on any atom is 0.219 e. The van der Waals surface area contributed by atoms with E-state index in [9.17, 15) is 4.79 Å². The van der Waals surface area contributed by atoms with Crippen LogP contribution in [0.2, 0.25) is 0 Å². The summed E-state index contributed by atoms with van der Waals surface area (Å²) >= 11 is 10.1. The highest BCUT2D eigenvalue weighted by Gasteiger charge is 2.05. The molecule has 0 amide bonds. The minimum Gasteiger partial charge on any atom is -0.289 e. The molecule has 0 aliphatic carbocycles. The van der Waals surface area contributed by atoms with Gasteiger partial charge in [-0.1, -0.05) is 0 Å². The molecular formula is C3H4Cl2NO. The Hall–Kier alpha value is 0.210. The summed E-state index contributed by atoms with van der Waals surface area (Å²) < 4.78 is 0.743. The van der Waals surface area contributed by atoms with Gasteiger partial charge in [-0.15, -0.1) is 3.94 Å². The molecule has 0 bridgehead atoms. The van der Waals surface area contributed by atoms with Crippen LogP contribution in [0, 0.1) is 0 Å². The Labute approximate surface area is 52.2 Å². The lowest BCUT2D eigenvalue weighted by molar-refractivity contribution is 0.518. The average molecular weight is 141 g/mol. The van der Waals surface area contributed by atoms with Crippen LogP contribution in [0.15, 0.2) is 0 Å². The predicted molar refractivity (Wildman–Crippen MR) is 28.7 cm³/mol. The van der Waals surface area contributed by atoms with E-state index in [4.69, 9.17) is 23.6 Å². The van der Waals surface area contributed by atoms with Gasteiger partial charge in [0.15, 0.2) is 0 Å². The molecule has 0 aromatic heterocycles. The second-order valence-corrected chi connectivity index (χ2v) is 1.95. The van der Waals surface area contributed by atoms with Gasteiger partial charge in [0.25, 0.3) is 0 Å². The first-order valence-corrected chi connectivity index (χ1v) is 2.34. The molecule has 0 aliphatic heterocycles. The molecule has 0 fully saturated rings. The van der Waals surface area contributed by atoms with Crippen LogP contribution < -0.4 is 0 Å². The van der Waals surface area contributed by atoms with Crippen LogP contribution in [0.5, 0.6) is 0 Å². The van der Waals surface area contributed by atoms with Gasteiger partial charge in [0, 0.05) is 0 Å². The molecule has 0 aromatic rings. The first kappa shape index (κ1) is 7.21. The van der Waals surface area contributed by atoms with Gasteiger partial charge in [0.1, 0.15) is 6.04 Å². The van der Waals surface area contributed by atoms with Crippen molar-refractivity contribution in [2.24, 2.45) is 0 Å². The van der Waals surface area contributed by atoms with Crippen molar-refractivity contribution in [3.05, 3.63) is 0 Å². The highest BCUT2D eigenvalue weighted by Crippen LogP contribution is 2.02. The SMILES string of the molecule is C[C@@H]([C]=O)N(Cl)Cl. The molecule has 0 heterocycles. The molecule has 0 N–H and O–H groups in total. The van der Waals surface area contributed by atoms with Crippen molar-refractivity contribution in [3.8, 4) is 0 Å². The molecule has 0 rings (SSSR count). The number of hydrogen-bond acceptors (Lipinski definition) is 2. The Morgan fingerprint density at radius 3 is 2.14 bits per heavy atom. The van der Waals surface area contributed by atoms with Crippen LogP contribution in [0.3, 0.4) is 0 Å². The van der Waals surface area contributed by atoms with Gasteiger partial charge >= 0.3 is 0 Å². The van der Waals surface area contributed by atoms with Crippen LogP contribution in [-0.4, -0.2) is 16.3 Å². The summed E-state index contributed by atoms with van der Waals surface area (Å²) in [6.07, 6.45) is 1.58. The largest absolute Gasteiger partial charge is 0.289 e. The third-order valence-electron chi connectivity index (χ3n) is 0.463. The maximum absolute atomic E-state index is 9.61. The van der Waals surface area contributed by atoms with Crippen LogP contribution in [0.25, 0.3) is 0 Å². The van der Waals surface area contributed by atoms with E-state index in [2.05, 4.69) is 0 Å². The maximum atomic E-state index is 9.61. The zero-order valence-corrected chi connectivity index (χ0v) is 5.20. The van der Waals surface area contributed by atoms with E-state index >= 15 is 0 Å². The summed E-state index contributed by atoms with van der Waals surface area (Å²) in [5, 5.41) is 0. The Morgan fingerprint density at radius 2 is 2.14 bits per heavy atom. The molecule has 0 spiro atoms. The Kier molecular flexibility index (Phi) is 3.34. The molecule has 0 aliphatic rings. The first-order chi connectivity index (χ1) is 3.18. The standard InChI is InChI=1S/C3H4Cl2NO/c1-3(2-7)6(4)5/h3H,1H3/t3-/m0/s1. The van der Waals surface area contributed by atoms with Crippen molar-refractivity contribution in [1.29, 1.82) is 0 Å². The lowest BCUT2D eigenvalue weighted by Gasteiger charge is -2.02. The molecule has 7 heavy (non-hydrogen) atoms. The van der Waals surface area contributed by atoms with E-state index in [0.717, 1.165) is 3.94 Å². The van der Waals surface area contributed by atoms with E-state index in [0.29, 0.717) is 0 Å². The zero-order valence-electron chi connectivity index (χ0n) is 3.69. The molecule has 0 saturated carbocycles. The monoisotopic (exact) mass is 140 g/mol. The van der Waals surface area contributed by atoms with Crippen molar-refractivity contribution in [2.45, 2.75) is 13.0 Å². The summed E-state index contributed by atoms with van der Waals surface area (Å²) in [7, 11) is 0. The molecule has 0 saturated heterocycles. The Bertz CT molecular complexity index is 66.0. The van der Waals surface area contributed by atoms with Crippen LogP contribution in [-0.2, 0) is 4.79 Å². The van der Waals surface area contributed by atoms with Crippen molar-refractivity contribution in [2.75, 3.05) is 0 Å². The Balaban J connectivity index is 3.33. The van der Waals surface area contributed by atoms with Gasteiger partial charge in [-0.3, -0.25) is 4.79 Å². The fourth-order valence-corrected chi connectivity index (χ4v) is 0.120. The van der Waals surface area contributed by atoms with E-state index < -0.39 is 6.04 Å². The third-order valence-corrected chi connectivity index (χ3v) is 1.05. The van der Waals surface area contributed by atoms with Gasteiger partial charge < -0.3 is 0 Å². The first-order valence-electron chi connectivity index (χ1n) is 1.67. The lowest BCUT2D eigenvalue weighted by Crippen LogP contribution is -2.15. The van der Waals surface area contributed by atoms with Crippen molar-refractivity contribution < 1.29 is 4.79 Å². The summed E-state index contributed by atoms with van der Waals surface area (Å²) in [5.74, 6) is 0. The van der Waals surface area contributed by atoms with E-state index in [1.54, 1.807) is 6.29 Å². The number of carbonyl (C=O) groups excluding carboxylic acids is 1. The van der Waals surface area contributed by atoms with Crippen molar-refractivity contribution in [1.82, 2.24) is 3.94 Å². The van der Waals surface area contributed by atoms with Gasteiger partial charge in [0.05, 0.1) is 0 Å². The number of rotatable bonds is 2. The average Bonchev–Trinajstić information content (AvgIpc) is 1.65. The Morgan fingerprint density at radius 1 is 1.71 bits per heavy atom. The predicted octanol–water partition coefficient (Wildman–Crippen LogP) is 1.09. The summed E-state index contributed by atoms with van der Waals surface area (Å²) in [6, 6.07) is -0.539. The highest BCUT2D eigenvalue weighted by atomic mass is 35.5. The van der Waals surface area contributed by atoms with Gasteiger partial charge in [0.2, 0.25) is 6.29 Å². The van der Waals surface area contributed by atoms with Crippen LogP contribution in [0.1, 0.15) is 6.92 Å². The summed E-state index contributed by atoms with van der Waals surface area (Å²) in [6.45, 7) is 1.53. The van der Waals surface area contributed by atoms with Crippen LogP contribution >= 0.6 is 23.6 Å². The molecule has 4 heteroatoms. The minimum atomic E-state index is -0.539. The molecular weight excluding hydrogens is 137 g/mol. The number of halogens is 2. The fraction of sp³-hybridized carbons (Fsp3) is 0.667. The molecule has 0 unspecified atom stereocenters. The van der Waals surface area contributed by atoms with E-state index in [-0.39, 0.29) is 0 Å². The van der Waals surface area contributed by atoms with E-state index in [1.165, 1.54) is 6.92 Å². The topological polar surface area (TPSA) is 20.3 Å². The molecule has 41 valence electrons. The number of nitrogens with zero attached hydrogens (tertiary/aromatic N) is 1. The van der Waals surface area contributed by atoms with Gasteiger partial charge in [-0.05, 0) is 30.5 Å². The molecule has 2 nitrogen and oxygen atoms in total. The normalized spacial score (nSPS) is 14.3. The van der Waals surface area contributed by atoms with Gasteiger partial charge in [-0.2, -0.15) is 0 Å². The molecule has 1 radical (unpaired) electrons. The lowest BCUT2D eigenvalue weighted by atomic mass is 10.4. The van der Waals surface area contributed by atoms with Crippen LogP contribution in [0.4, 0.5) is 0 Å². The second-order valence-electron chi connectivity index (χ2n) is 1.05. The zero-order chi connectivity index (χ0) is 5.86. The summed E-state index contributed by atoms with van der Waals surface area (Å²) in [5.41, 5.74) is 0. The quantitative estimate of drug-likeness (QED) is 0.536. The molecule has 1 atom stereocenters. The van der Waals surface area contributed by atoms with Gasteiger partial charge in [-0.25, -0.2) is 0 Å². The van der Waals surface area contributed by atoms with E-state index in [1.807, 2.05) is 0 Å². The fourth-order valence-electron chi connectivity index (χ4n) is 0.0398. The minimum absolute atomic E-state index is 0.539. The molecule has 0 aromatic carbocycles. The highest BCUT2D eigenvalue weighted by molar-refractivity contribution is 6.34. The number of hydrogen-bond donors (Lipinski definition) is 0. The van der Waals surface area contributed by atoms with Crippen molar-refractivity contribution >= 4 is 29.8 Å². The van der Waals surface area contributed by atoms with Crippen molar-refractivity contribution in [3.63, 3.8) is 0 Å². The third kappa shape index (κ3) is 2.85. The second kappa shape index (κ2) is 3.24.